The van der Waals surface area contributed by atoms with Gasteiger partial charge in [-0.05, 0) is 44.4 Å². The summed E-state index contributed by atoms with van der Waals surface area (Å²) in [5.41, 5.74) is 0.505. The van der Waals surface area contributed by atoms with Crippen LogP contribution in [0.25, 0.3) is 11.5 Å². The topological polar surface area (TPSA) is 103 Å². The summed E-state index contributed by atoms with van der Waals surface area (Å²) in [6.45, 7) is 3.83. The zero-order valence-electron chi connectivity index (χ0n) is 16.9. The van der Waals surface area contributed by atoms with Crippen molar-refractivity contribution in [2.75, 3.05) is 7.11 Å². The number of aromatic nitrogens is 4. The fourth-order valence-electron chi connectivity index (χ4n) is 3.59. The molecule has 2 N–H and O–H groups in total. The van der Waals surface area contributed by atoms with Gasteiger partial charge in [0, 0.05) is 6.42 Å². The first kappa shape index (κ1) is 19.6. The maximum absolute atomic E-state index is 10.2. The van der Waals surface area contributed by atoms with Crippen molar-refractivity contribution in [2.24, 2.45) is 0 Å². The average molecular weight is 398 g/mol. The zero-order chi connectivity index (χ0) is 20.6. The monoisotopic (exact) mass is 398 g/mol. The molecule has 0 bridgehead atoms. The van der Waals surface area contributed by atoms with Gasteiger partial charge < -0.3 is 24.3 Å². The van der Waals surface area contributed by atoms with E-state index < -0.39 is 5.60 Å². The minimum Gasteiger partial charge on any atom is -0.493 e. The number of hydrogen-bond acceptors (Lipinski definition) is 7. The Hall–Kier alpha value is -2.71. The third-order valence-electron chi connectivity index (χ3n) is 5.12. The Morgan fingerprint density at radius 3 is 2.72 bits per heavy atom. The minimum absolute atomic E-state index is 0.0119. The number of hydrogen-bond donors (Lipinski definition) is 2. The van der Waals surface area contributed by atoms with Crippen LogP contribution >= 0.6 is 0 Å². The van der Waals surface area contributed by atoms with Gasteiger partial charge in [-0.3, -0.25) is 0 Å². The number of ether oxygens (including phenoxy) is 2. The smallest absolute Gasteiger partial charge is 0.163 e. The standard InChI is InChI=1S/C21H26N4O4/c1-21(2,27)20-23-16-10-22-12-25(19(16)24-20)11-13-4-7-17(28-3)18(8-13)29-15-6-5-14(26)9-15/h4,7-8,10,12,14-15,26-27H,5-6,9,11H2,1-3H3. The Kier molecular flexibility index (Phi) is 5.14. The molecule has 2 aliphatic heterocycles. The van der Waals surface area contributed by atoms with E-state index in [1.807, 2.05) is 22.8 Å². The van der Waals surface area contributed by atoms with Crippen molar-refractivity contribution in [3.63, 3.8) is 0 Å². The van der Waals surface area contributed by atoms with Crippen molar-refractivity contribution >= 4 is 0 Å². The molecule has 154 valence electrons. The summed E-state index contributed by atoms with van der Waals surface area (Å²) in [6, 6.07) is 5.79. The summed E-state index contributed by atoms with van der Waals surface area (Å²) in [5.74, 6) is 2.35. The molecule has 2 atom stereocenters. The van der Waals surface area contributed by atoms with Gasteiger partial charge in [0.2, 0.25) is 0 Å². The van der Waals surface area contributed by atoms with Gasteiger partial charge >= 0.3 is 0 Å². The summed E-state index contributed by atoms with van der Waals surface area (Å²) in [7, 11) is 1.61. The van der Waals surface area contributed by atoms with Gasteiger partial charge in [-0.1, -0.05) is 6.07 Å². The lowest BCUT2D eigenvalue weighted by Gasteiger charge is -2.17. The Balaban J connectivity index is 1.61. The lowest BCUT2D eigenvalue weighted by molar-refractivity contribution is 0.0698. The molecule has 0 spiro atoms. The van der Waals surface area contributed by atoms with Gasteiger partial charge in [-0.15, -0.1) is 0 Å². The van der Waals surface area contributed by atoms with Gasteiger partial charge in [0.1, 0.15) is 17.4 Å². The second kappa shape index (κ2) is 7.61. The third-order valence-corrected chi connectivity index (χ3v) is 5.12. The van der Waals surface area contributed by atoms with Crippen LogP contribution in [0.1, 0.15) is 44.5 Å². The molecule has 8 heteroatoms. The van der Waals surface area contributed by atoms with Gasteiger partial charge in [0.25, 0.3) is 0 Å². The molecule has 8 nitrogen and oxygen atoms in total. The van der Waals surface area contributed by atoms with Crippen LogP contribution in [-0.2, 0) is 12.1 Å². The third kappa shape index (κ3) is 4.18. The summed E-state index contributed by atoms with van der Waals surface area (Å²) in [5, 5.41) is 20.0. The molecule has 1 aromatic carbocycles. The predicted octanol–water partition coefficient (Wildman–Crippen LogP) is 2.35. The van der Waals surface area contributed by atoms with E-state index in [-0.39, 0.29) is 12.2 Å². The molecule has 0 radical (unpaired) electrons. The van der Waals surface area contributed by atoms with Crippen LogP contribution in [0.2, 0.25) is 0 Å². The van der Waals surface area contributed by atoms with Crippen LogP contribution in [0, 0.1) is 0 Å². The van der Waals surface area contributed by atoms with E-state index in [1.54, 1.807) is 33.5 Å². The van der Waals surface area contributed by atoms with Crippen LogP contribution in [0.5, 0.6) is 11.5 Å². The molecule has 29 heavy (non-hydrogen) atoms. The number of fused-ring (bicyclic) bond motifs is 1. The van der Waals surface area contributed by atoms with Crippen molar-refractivity contribution in [1.29, 1.82) is 0 Å². The normalized spacial score (nSPS) is 19.6. The van der Waals surface area contributed by atoms with E-state index in [9.17, 15) is 10.2 Å². The van der Waals surface area contributed by atoms with Gasteiger partial charge in [-0.2, -0.15) is 0 Å². The quantitative estimate of drug-likeness (QED) is 0.657. The molecule has 0 saturated heterocycles. The zero-order valence-corrected chi connectivity index (χ0v) is 16.9. The molecular weight excluding hydrogens is 372 g/mol. The number of imidazole rings is 1. The molecule has 1 aromatic rings. The molecule has 3 aliphatic rings. The van der Waals surface area contributed by atoms with Crippen LogP contribution in [0.3, 0.4) is 0 Å². The molecule has 0 aromatic heterocycles. The summed E-state index contributed by atoms with van der Waals surface area (Å²) < 4.78 is 13.4. The number of aliphatic hydroxyl groups excluding tert-OH is 1. The highest BCUT2D eigenvalue weighted by molar-refractivity contribution is 5.51. The van der Waals surface area contributed by atoms with Crippen molar-refractivity contribution < 1.29 is 19.7 Å². The molecule has 4 rings (SSSR count). The van der Waals surface area contributed by atoms with Gasteiger partial charge in [0.15, 0.2) is 23.1 Å². The fraction of sp³-hybridized carbons (Fsp3) is 0.476. The Bertz CT molecular complexity index is 966. The second-order valence-corrected chi connectivity index (χ2v) is 8.03. The van der Waals surface area contributed by atoms with Crippen molar-refractivity contribution in [3.05, 3.63) is 42.1 Å². The van der Waals surface area contributed by atoms with Crippen molar-refractivity contribution in [3.8, 4) is 23.0 Å². The Morgan fingerprint density at radius 2 is 2.03 bits per heavy atom. The van der Waals surface area contributed by atoms with Gasteiger partial charge in [0.05, 0.1) is 32.3 Å². The lowest BCUT2D eigenvalue weighted by Crippen LogP contribution is -2.17. The van der Waals surface area contributed by atoms with Crippen LogP contribution < -0.4 is 9.47 Å². The highest BCUT2D eigenvalue weighted by Gasteiger charge is 2.27. The number of methoxy groups -OCH3 is 1. The fourth-order valence-corrected chi connectivity index (χ4v) is 3.59. The van der Waals surface area contributed by atoms with E-state index >= 15 is 0 Å². The molecular formula is C21H26N4O4. The Morgan fingerprint density at radius 1 is 1.21 bits per heavy atom. The highest BCUT2D eigenvalue weighted by atomic mass is 16.5. The Labute approximate surface area is 169 Å². The molecule has 2 unspecified atom stereocenters. The van der Waals surface area contributed by atoms with Crippen LogP contribution in [0.4, 0.5) is 0 Å². The first-order valence-electron chi connectivity index (χ1n) is 9.76. The van der Waals surface area contributed by atoms with Crippen LogP contribution in [0.15, 0.2) is 30.7 Å². The molecule has 2 heterocycles. The lowest BCUT2D eigenvalue weighted by atomic mass is 10.1. The minimum atomic E-state index is -1.12. The van der Waals surface area contributed by atoms with Gasteiger partial charge in [-0.25, -0.2) is 15.0 Å². The molecule has 1 fully saturated rings. The summed E-state index contributed by atoms with van der Waals surface area (Å²) in [6.07, 6.45) is 5.25. The summed E-state index contributed by atoms with van der Waals surface area (Å²) in [4.78, 5) is 13.1. The number of benzene rings is 1. The maximum Gasteiger partial charge on any atom is 0.163 e. The van der Waals surface area contributed by atoms with Crippen molar-refractivity contribution in [2.45, 2.75) is 57.5 Å². The largest absolute Gasteiger partial charge is 0.493 e. The molecule has 0 amide bonds. The number of rotatable bonds is 6. The predicted molar refractivity (Wildman–Crippen MR) is 106 cm³/mol. The molecule has 1 saturated carbocycles. The van der Waals surface area contributed by atoms with Crippen molar-refractivity contribution in [1.82, 2.24) is 19.5 Å². The summed E-state index contributed by atoms with van der Waals surface area (Å²) >= 11 is 0. The van der Waals surface area contributed by atoms with E-state index in [0.29, 0.717) is 41.8 Å². The number of nitrogens with zero attached hydrogens (tertiary/aromatic N) is 4. The first-order chi connectivity index (χ1) is 13.8. The maximum atomic E-state index is 10.2. The van der Waals surface area contributed by atoms with E-state index in [4.69, 9.17) is 9.47 Å². The van der Waals surface area contributed by atoms with E-state index in [0.717, 1.165) is 18.4 Å². The SMILES string of the molecule is COc1ccc(Cn2cncc3nc(C(C)(C)O)nc2-3)cc1OC1CCC(O)C1. The average Bonchev–Trinajstić information content (AvgIpc) is 3.29. The second-order valence-electron chi connectivity index (χ2n) is 8.03. The van der Waals surface area contributed by atoms with E-state index in [1.165, 1.54) is 0 Å². The number of aliphatic hydroxyl groups is 2. The van der Waals surface area contributed by atoms with E-state index in [2.05, 4.69) is 15.0 Å². The molecule has 1 aliphatic carbocycles. The van der Waals surface area contributed by atoms with Crippen LogP contribution in [-0.4, -0.2) is 49.0 Å². The highest BCUT2D eigenvalue weighted by Crippen LogP contribution is 2.33. The first-order valence-corrected chi connectivity index (χ1v) is 9.76.